The van der Waals surface area contributed by atoms with E-state index in [9.17, 15) is 15.1 Å². The van der Waals surface area contributed by atoms with Crippen molar-refractivity contribution >= 4 is 22.5 Å². The number of aromatic nitrogens is 1. The Hall–Kier alpha value is -3.12. The van der Waals surface area contributed by atoms with Crippen molar-refractivity contribution in [3.05, 3.63) is 60.3 Å². The number of carbonyl (C=O) groups excluding carboxylic acids is 1. The first-order chi connectivity index (χ1) is 11.1. The van der Waals surface area contributed by atoms with E-state index in [1.807, 2.05) is 0 Å². The lowest BCUT2D eigenvalue weighted by atomic mass is 10.1. The highest BCUT2D eigenvalue weighted by Crippen LogP contribution is 2.31. The van der Waals surface area contributed by atoms with Gasteiger partial charge in [0.15, 0.2) is 0 Å². The smallest absolute Gasteiger partial charge is 0.287 e. The molecule has 2 aromatic carbocycles. The van der Waals surface area contributed by atoms with E-state index >= 15 is 0 Å². The Balaban J connectivity index is 2.05. The number of hydrogen-bond acceptors (Lipinski definition) is 5. The second-order valence-electron chi connectivity index (χ2n) is 4.86. The van der Waals surface area contributed by atoms with Crippen molar-refractivity contribution in [2.45, 2.75) is 0 Å². The minimum absolute atomic E-state index is 0.0999. The number of para-hydroxylation sites is 1. The highest BCUT2D eigenvalue weighted by Gasteiger charge is 2.21. The van der Waals surface area contributed by atoms with Crippen molar-refractivity contribution in [1.29, 1.82) is 0 Å². The fourth-order valence-electron chi connectivity index (χ4n) is 2.24. The van der Waals surface area contributed by atoms with Gasteiger partial charge in [-0.3, -0.25) is 15.0 Å². The zero-order valence-corrected chi connectivity index (χ0v) is 12.3. The number of fused-ring (bicyclic) bond motifs is 1. The molecule has 3 aromatic rings. The topological polar surface area (TPSA) is 82.9 Å². The average Bonchev–Trinajstić information content (AvgIpc) is 2.61. The summed E-state index contributed by atoms with van der Waals surface area (Å²) in [6.07, 6.45) is 1.23. The number of anilines is 1. The van der Waals surface area contributed by atoms with Gasteiger partial charge in [0, 0.05) is 11.6 Å². The molecule has 0 fully saturated rings. The molecule has 1 heterocycles. The predicted molar refractivity (Wildman–Crippen MR) is 85.0 cm³/mol. The van der Waals surface area contributed by atoms with Crippen molar-refractivity contribution in [3.8, 4) is 11.5 Å². The number of nitrogens with zero attached hydrogens (tertiary/aromatic N) is 2. The van der Waals surface area contributed by atoms with Gasteiger partial charge in [0.25, 0.3) is 5.91 Å². The fraction of sp³-hybridized carbons (Fsp3) is 0.0588. The van der Waals surface area contributed by atoms with Crippen LogP contribution in [0.1, 0.15) is 10.4 Å². The van der Waals surface area contributed by atoms with Gasteiger partial charge in [-0.1, -0.05) is 18.2 Å². The molecular weight excluding hydrogens is 296 g/mol. The summed E-state index contributed by atoms with van der Waals surface area (Å²) < 4.78 is 5.11. The zero-order chi connectivity index (χ0) is 16.4. The second kappa shape index (κ2) is 5.94. The van der Waals surface area contributed by atoms with Crippen LogP contribution in [0.4, 0.5) is 5.69 Å². The third-order valence-corrected chi connectivity index (χ3v) is 3.47. The van der Waals surface area contributed by atoms with Crippen LogP contribution in [0, 0.1) is 0 Å². The summed E-state index contributed by atoms with van der Waals surface area (Å²) in [5.41, 5.74) is 0.712. The highest BCUT2D eigenvalue weighted by molar-refractivity contribution is 6.09. The molecule has 116 valence electrons. The van der Waals surface area contributed by atoms with E-state index in [1.165, 1.54) is 13.3 Å². The monoisotopic (exact) mass is 310 g/mol. The maximum Gasteiger partial charge on any atom is 0.287 e. The number of carbonyl (C=O) groups is 1. The first-order valence-corrected chi connectivity index (χ1v) is 6.86. The van der Waals surface area contributed by atoms with Crippen LogP contribution in [-0.4, -0.2) is 28.3 Å². The van der Waals surface area contributed by atoms with Crippen molar-refractivity contribution in [2.75, 3.05) is 12.2 Å². The third kappa shape index (κ3) is 2.67. The number of pyridine rings is 1. The van der Waals surface area contributed by atoms with Crippen molar-refractivity contribution < 1.29 is 19.8 Å². The van der Waals surface area contributed by atoms with E-state index in [1.54, 1.807) is 48.5 Å². The van der Waals surface area contributed by atoms with E-state index < -0.39 is 5.91 Å². The Kier molecular flexibility index (Phi) is 3.82. The highest BCUT2D eigenvalue weighted by atomic mass is 16.5. The van der Waals surface area contributed by atoms with Crippen molar-refractivity contribution in [3.63, 3.8) is 0 Å². The molecule has 23 heavy (non-hydrogen) atoms. The summed E-state index contributed by atoms with van der Waals surface area (Å²) in [4.78, 5) is 16.5. The van der Waals surface area contributed by atoms with Gasteiger partial charge in [-0.2, -0.15) is 5.06 Å². The standard InChI is InChI=1S/C17H14N2O4/c1-23-12-7-8-15-13(9-12)16(20)14(10-18-15)17(21)19(22)11-5-3-2-4-6-11/h2-10,22H,1H3,(H,18,20). The number of amides is 1. The Morgan fingerprint density at radius 1 is 1.17 bits per heavy atom. The minimum Gasteiger partial charge on any atom is -0.506 e. The van der Waals surface area contributed by atoms with Gasteiger partial charge in [-0.15, -0.1) is 0 Å². The van der Waals surface area contributed by atoms with Crippen molar-refractivity contribution in [2.24, 2.45) is 0 Å². The first-order valence-electron chi connectivity index (χ1n) is 6.86. The molecule has 0 radical (unpaired) electrons. The molecule has 2 N–H and O–H groups in total. The fourth-order valence-corrected chi connectivity index (χ4v) is 2.24. The normalized spacial score (nSPS) is 10.5. The van der Waals surface area contributed by atoms with Crippen LogP contribution in [0.5, 0.6) is 11.5 Å². The predicted octanol–water partition coefficient (Wildman–Crippen LogP) is 2.99. The first kappa shape index (κ1) is 14.8. The number of methoxy groups -OCH3 is 1. The average molecular weight is 310 g/mol. The number of aromatic hydroxyl groups is 1. The summed E-state index contributed by atoms with van der Waals surface area (Å²) >= 11 is 0. The van der Waals surface area contributed by atoms with Crippen LogP contribution in [-0.2, 0) is 0 Å². The van der Waals surface area contributed by atoms with Crippen molar-refractivity contribution in [1.82, 2.24) is 4.98 Å². The zero-order valence-electron chi connectivity index (χ0n) is 12.3. The van der Waals surface area contributed by atoms with Crippen LogP contribution in [0.25, 0.3) is 10.9 Å². The molecular formula is C17H14N2O4. The molecule has 0 aliphatic rings. The Bertz CT molecular complexity index is 865. The molecule has 0 aliphatic heterocycles. The number of ether oxygens (including phenoxy) is 1. The number of rotatable bonds is 3. The summed E-state index contributed by atoms with van der Waals surface area (Å²) in [6, 6.07) is 13.3. The Morgan fingerprint density at radius 2 is 1.91 bits per heavy atom. The molecule has 0 spiro atoms. The van der Waals surface area contributed by atoms with Gasteiger partial charge in [-0.25, -0.2) is 0 Å². The van der Waals surface area contributed by atoms with E-state index in [2.05, 4.69) is 4.98 Å². The van der Waals surface area contributed by atoms with Crippen LogP contribution in [0.2, 0.25) is 0 Å². The molecule has 1 amide bonds. The lowest BCUT2D eigenvalue weighted by Crippen LogP contribution is -2.27. The van der Waals surface area contributed by atoms with Crippen LogP contribution in [0.15, 0.2) is 54.7 Å². The van der Waals surface area contributed by atoms with E-state index in [-0.39, 0.29) is 11.3 Å². The molecule has 6 nitrogen and oxygen atoms in total. The molecule has 3 rings (SSSR count). The van der Waals surface area contributed by atoms with Crippen LogP contribution in [0.3, 0.4) is 0 Å². The van der Waals surface area contributed by atoms with Gasteiger partial charge in [-0.05, 0) is 30.3 Å². The molecule has 0 aliphatic carbocycles. The Labute approximate surface area is 132 Å². The maximum absolute atomic E-state index is 12.4. The van der Waals surface area contributed by atoms with Crippen LogP contribution >= 0.6 is 0 Å². The molecule has 0 saturated carbocycles. The van der Waals surface area contributed by atoms with Gasteiger partial charge in [0.1, 0.15) is 17.1 Å². The largest absolute Gasteiger partial charge is 0.506 e. The molecule has 0 saturated heterocycles. The van der Waals surface area contributed by atoms with Crippen LogP contribution < -0.4 is 9.80 Å². The summed E-state index contributed by atoms with van der Waals surface area (Å²) in [6.45, 7) is 0. The molecule has 1 aromatic heterocycles. The maximum atomic E-state index is 12.4. The SMILES string of the molecule is COc1ccc2ncc(C(=O)N(O)c3ccccc3)c(O)c2c1. The Morgan fingerprint density at radius 3 is 2.61 bits per heavy atom. The molecule has 0 bridgehead atoms. The minimum atomic E-state index is -0.772. The third-order valence-electron chi connectivity index (χ3n) is 3.47. The molecule has 0 atom stereocenters. The quantitative estimate of drug-likeness (QED) is 0.574. The second-order valence-corrected chi connectivity index (χ2v) is 4.86. The van der Waals surface area contributed by atoms with E-state index in [4.69, 9.17) is 4.74 Å². The lowest BCUT2D eigenvalue weighted by Gasteiger charge is -2.16. The summed E-state index contributed by atoms with van der Waals surface area (Å²) in [5.74, 6) is -0.497. The van der Waals surface area contributed by atoms with Gasteiger partial charge >= 0.3 is 0 Å². The lowest BCUT2D eigenvalue weighted by molar-refractivity contribution is 0.0852. The van der Waals surface area contributed by atoms with Gasteiger partial charge in [0.2, 0.25) is 0 Å². The van der Waals surface area contributed by atoms with E-state index in [0.29, 0.717) is 27.4 Å². The summed E-state index contributed by atoms with van der Waals surface area (Å²) in [7, 11) is 1.51. The number of hydroxylamine groups is 1. The molecule has 6 heteroatoms. The van der Waals surface area contributed by atoms with Gasteiger partial charge in [0.05, 0.1) is 18.3 Å². The van der Waals surface area contributed by atoms with E-state index in [0.717, 1.165) is 0 Å². The number of hydrogen-bond donors (Lipinski definition) is 2. The molecule has 0 unspecified atom stereocenters. The number of benzene rings is 2. The van der Waals surface area contributed by atoms with Gasteiger partial charge < -0.3 is 9.84 Å². The summed E-state index contributed by atoms with van der Waals surface area (Å²) in [5, 5.41) is 21.3.